The van der Waals surface area contributed by atoms with Crippen molar-refractivity contribution >= 4 is 18.0 Å². The van der Waals surface area contributed by atoms with Gasteiger partial charge in [0.05, 0.1) is 13.7 Å². The molecule has 2 amide bonds. The average molecular weight is 316 g/mol. The Bertz CT molecular complexity index is 416. The zero-order chi connectivity index (χ0) is 17.3. The summed E-state index contributed by atoms with van der Waals surface area (Å²) in [4.78, 5) is 35.1. The normalized spacial score (nSPS) is 13.5. The lowest BCUT2D eigenvalue weighted by molar-refractivity contribution is -0.145. The number of amides is 2. The lowest BCUT2D eigenvalue weighted by Gasteiger charge is -2.23. The Hall–Kier alpha value is -2.09. The SMILES string of the molecule is C=CC[C@@H](NC(=O)[C@H](CO)NC(=O)OC(C)(C)C)C(=O)OC. The van der Waals surface area contributed by atoms with Crippen LogP contribution in [-0.4, -0.2) is 54.5 Å². The molecule has 22 heavy (non-hydrogen) atoms. The summed E-state index contributed by atoms with van der Waals surface area (Å²) in [5.74, 6) is -1.38. The quantitative estimate of drug-likeness (QED) is 0.453. The van der Waals surface area contributed by atoms with E-state index in [1.165, 1.54) is 13.2 Å². The van der Waals surface area contributed by atoms with Gasteiger partial charge in [-0.25, -0.2) is 9.59 Å². The summed E-state index contributed by atoms with van der Waals surface area (Å²) < 4.78 is 9.54. The molecule has 8 heteroatoms. The molecule has 0 unspecified atom stereocenters. The molecule has 0 saturated heterocycles. The maximum atomic E-state index is 12.0. The summed E-state index contributed by atoms with van der Waals surface area (Å²) in [6.07, 6.45) is 0.750. The van der Waals surface area contributed by atoms with E-state index in [1.54, 1.807) is 20.8 Å². The van der Waals surface area contributed by atoms with Gasteiger partial charge in [0.1, 0.15) is 17.7 Å². The molecular formula is C14H24N2O6. The Morgan fingerprint density at radius 2 is 1.82 bits per heavy atom. The largest absolute Gasteiger partial charge is 0.467 e. The van der Waals surface area contributed by atoms with Crippen LogP contribution >= 0.6 is 0 Å². The third kappa shape index (κ3) is 7.63. The van der Waals surface area contributed by atoms with E-state index in [-0.39, 0.29) is 6.42 Å². The van der Waals surface area contributed by atoms with E-state index in [4.69, 9.17) is 4.74 Å². The van der Waals surface area contributed by atoms with Crippen molar-refractivity contribution in [1.82, 2.24) is 10.6 Å². The smallest absolute Gasteiger partial charge is 0.408 e. The molecule has 3 N–H and O–H groups in total. The first-order valence-corrected chi connectivity index (χ1v) is 6.74. The molecule has 0 aliphatic rings. The molecular weight excluding hydrogens is 292 g/mol. The van der Waals surface area contributed by atoms with E-state index in [9.17, 15) is 19.5 Å². The topological polar surface area (TPSA) is 114 Å². The number of hydrogen-bond acceptors (Lipinski definition) is 6. The zero-order valence-corrected chi connectivity index (χ0v) is 13.3. The van der Waals surface area contributed by atoms with Gasteiger partial charge in [0.2, 0.25) is 5.91 Å². The molecule has 0 aliphatic heterocycles. The van der Waals surface area contributed by atoms with Crippen LogP contribution in [0.5, 0.6) is 0 Å². The summed E-state index contributed by atoms with van der Waals surface area (Å²) in [6, 6.07) is -2.18. The second-order valence-corrected chi connectivity index (χ2v) is 5.49. The highest BCUT2D eigenvalue weighted by atomic mass is 16.6. The van der Waals surface area contributed by atoms with Crippen LogP contribution in [0.15, 0.2) is 12.7 Å². The van der Waals surface area contributed by atoms with Gasteiger partial charge in [-0.1, -0.05) is 6.08 Å². The predicted molar refractivity (Wildman–Crippen MR) is 79.0 cm³/mol. The lowest BCUT2D eigenvalue weighted by Crippen LogP contribution is -2.53. The molecule has 0 spiro atoms. The Balaban J connectivity index is 4.72. The zero-order valence-electron chi connectivity index (χ0n) is 13.3. The molecule has 0 aromatic rings. The Morgan fingerprint density at radius 1 is 1.23 bits per heavy atom. The summed E-state index contributed by atoms with van der Waals surface area (Å²) in [5.41, 5.74) is -0.738. The third-order valence-corrected chi connectivity index (χ3v) is 2.39. The Morgan fingerprint density at radius 3 is 2.23 bits per heavy atom. The van der Waals surface area contributed by atoms with Crippen LogP contribution in [0.25, 0.3) is 0 Å². The minimum absolute atomic E-state index is 0.156. The molecule has 0 aromatic heterocycles. The van der Waals surface area contributed by atoms with E-state index in [0.717, 1.165) is 0 Å². The van der Waals surface area contributed by atoms with Crippen LogP contribution in [0.4, 0.5) is 4.79 Å². The second kappa shape index (κ2) is 9.04. The van der Waals surface area contributed by atoms with Crippen molar-refractivity contribution in [2.75, 3.05) is 13.7 Å². The highest BCUT2D eigenvalue weighted by Gasteiger charge is 2.27. The highest BCUT2D eigenvalue weighted by molar-refractivity contribution is 5.89. The van der Waals surface area contributed by atoms with Crippen molar-refractivity contribution < 1.29 is 29.0 Å². The van der Waals surface area contributed by atoms with Crippen LogP contribution in [0.3, 0.4) is 0 Å². The third-order valence-electron chi connectivity index (χ3n) is 2.39. The first-order chi connectivity index (χ1) is 10.1. The molecule has 0 fully saturated rings. The molecule has 2 atom stereocenters. The first kappa shape index (κ1) is 19.9. The van der Waals surface area contributed by atoms with Crippen molar-refractivity contribution in [2.24, 2.45) is 0 Å². The fraction of sp³-hybridized carbons (Fsp3) is 0.643. The fourth-order valence-corrected chi connectivity index (χ4v) is 1.44. The van der Waals surface area contributed by atoms with Gasteiger partial charge in [0.15, 0.2) is 0 Å². The maximum absolute atomic E-state index is 12.0. The van der Waals surface area contributed by atoms with Gasteiger partial charge in [0, 0.05) is 0 Å². The minimum atomic E-state index is -1.24. The standard InChI is InChI=1S/C14H24N2O6/c1-6-7-9(12(19)21-5)15-11(18)10(8-17)16-13(20)22-14(2,3)4/h6,9-10,17H,1,7-8H2,2-5H3,(H,15,18)(H,16,20)/t9-,10+/m1/s1. The number of hydrogen-bond donors (Lipinski definition) is 3. The number of carbonyl (C=O) groups excluding carboxylic acids is 3. The van der Waals surface area contributed by atoms with Gasteiger partial charge in [-0.3, -0.25) is 4.79 Å². The van der Waals surface area contributed by atoms with E-state index in [0.29, 0.717) is 0 Å². The lowest BCUT2D eigenvalue weighted by atomic mass is 10.2. The van der Waals surface area contributed by atoms with Crippen molar-refractivity contribution in [3.8, 4) is 0 Å². The predicted octanol–water partition coefficient (Wildman–Crippen LogP) is 0.106. The number of methoxy groups -OCH3 is 1. The fourth-order valence-electron chi connectivity index (χ4n) is 1.44. The number of esters is 1. The summed E-state index contributed by atoms with van der Waals surface area (Å²) in [5, 5.41) is 13.8. The first-order valence-electron chi connectivity index (χ1n) is 6.74. The van der Waals surface area contributed by atoms with E-state index >= 15 is 0 Å². The summed E-state index contributed by atoms with van der Waals surface area (Å²) >= 11 is 0. The summed E-state index contributed by atoms with van der Waals surface area (Å²) in [7, 11) is 1.19. The molecule has 0 saturated carbocycles. The Kier molecular flexibility index (Phi) is 8.18. The highest BCUT2D eigenvalue weighted by Crippen LogP contribution is 2.07. The minimum Gasteiger partial charge on any atom is -0.467 e. The molecule has 0 aromatic carbocycles. The van der Waals surface area contributed by atoms with Gasteiger partial charge in [0.25, 0.3) is 0 Å². The van der Waals surface area contributed by atoms with Gasteiger partial charge in [-0.2, -0.15) is 0 Å². The van der Waals surface area contributed by atoms with Gasteiger partial charge >= 0.3 is 12.1 Å². The number of rotatable bonds is 7. The molecule has 126 valence electrons. The number of nitrogens with one attached hydrogen (secondary N) is 2. The Labute approximate surface area is 129 Å². The summed E-state index contributed by atoms with van der Waals surface area (Å²) in [6.45, 7) is 7.83. The molecule has 0 bridgehead atoms. The molecule has 0 radical (unpaired) electrons. The number of ether oxygens (including phenoxy) is 2. The number of aliphatic hydroxyl groups excluding tert-OH is 1. The average Bonchev–Trinajstić information content (AvgIpc) is 2.41. The van der Waals surface area contributed by atoms with Crippen molar-refractivity contribution in [3.63, 3.8) is 0 Å². The van der Waals surface area contributed by atoms with Crippen LogP contribution < -0.4 is 10.6 Å². The number of aliphatic hydroxyl groups is 1. The second-order valence-electron chi connectivity index (χ2n) is 5.49. The van der Waals surface area contributed by atoms with Crippen LogP contribution in [-0.2, 0) is 19.1 Å². The molecule has 0 rings (SSSR count). The van der Waals surface area contributed by atoms with Gasteiger partial charge in [-0.15, -0.1) is 6.58 Å². The van der Waals surface area contributed by atoms with Crippen molar-refractivity contribution in [2.45, 2.75) is 44.9 Å². The number of alkyl carbamates (subject to hydrolysis) is 1. The number of carbonyl (C=O) groups is 3. The monoisotopic (exact) mass is 316 g/mol. The van der Waals surface area contributed by atoms with Crippen LogP contribution in [0.1, 0.15) is 27.2 Å². The maximum Gasteiger partial charge on any atom is 0.408 e. The van der Waals surface area contributed by atoms with Crippen molar-refractivity contribution in [1.29, 1.82) is 0 Å². The van der Waals surface area contributed by atoms with Gasteiger partial charge < -0.3 is 25.2 Å². The van der Waals surface area contributed by atoms with Crippen molar-refractivity contribution in [3.05, 3.63) is 12.7 Å². The molecule has 8 nitrogen and oxygen atoms in total. The van der Waals surface area contributed by atoms with E-state index in [2.05, 4.69) is 21.9 Å². The molecule has 0 aliphatic carbocycles. The van der Waals surface area contributed by atoms with Crippen LogP contribution in [0, 0.1) is 0 Å². The van der Waals surface area contributed by atoms with E-state index < -0.39 is 42.3 Å². The van der Waals surface area contributed by atoms with Gasteiger partial charge in [-0.05, 0) is 27.2 Å². The van der Waals surface area contributed by atoms with Crippen LogP contribution in [0.2, 0.25) is 0 Å². The van der Waals surface area contributed by atoms with E-state index in [1.807, 2.05) is 0 Å². The molecule has 0 heterocycles.